The summed E-state index contributed by atoms with van der Waals surface area (Å²) in [4.78, 5) is 0.295. The molecule has 8 heteroatoms. The van der Waals surface area contributed by atoms with Crippen LogP contribution < -0.4 is 10.5 Å². The molecule has 1 aliphatic carbocycles. The van der Waals surface area contributed by atoms with Gasteiger partial charge in [0, 0.05) is 19.1 Å². The standard InChI is InChI=1S/C14H19BrN2O3S.ClH/c1-20-14-5-3-10(6-12(14)15)21(18,19)17-7-9-2-4-13(16)11(9)8-17;/h3,5-6,9,11,13H,2,4,7-8,16H2,1H3;1H. The first-order chi connectivity index (χ1) is 9.93. The van der Waals surface area contributed by atoms with Gasteiger partial charge < -0.3 is 10.5 Å². The molecular formula is C14H20BrClN2O3S. The van der Waals surface area contributed by atoms with Crippen LogP contribution in [0.4, 0.5) is 0 Å². The molecular weight excluding hydrogens is 392 g/mol. The maximum atomic E-state index is 12.7. The first kappa shape index (κ1) is 18.0. The lowest BCUT2D eigenvalue weighted by Gasteiger charge is -2.19. The minimum Gasteiger partial charge on any atom is -0.496 e. The van der Waals surface area contributed by atoms with Gasteiger partial charge in [-0.3, -0.25) is 0 Å². The quantitative estimate of drug-likeness (QED) is 0.828. The molecule has 3 unspecified atom stereocenters. The number of fused-ring (bicyclic) bond motifs is 1. The molecule has 0 bridgehead atoms. The van der Waals surface area contributed by atoms with Crippen molar-refractivity contribution in [2.24, 2.45) is 17.6 Å². The van der Waals surface area contributed by atoms with E-state index in [1.54, 1.807) is 29.6 Å². The van der Waals surface area contributed by atoms with Crippen LogP contribution in [-0.2, 0) is 10.0 Å². The van der Waals surface area contributed by atoms with Crippen LogP contribution in [0.15, 0.2) is 27.6 Å². The Morgan fingerprint density at radius 1 is 1.32 bits per heavy atom. The largest absolute Gasteiger partial charge is 0.496 e. The second-order valence-electron chi connectivity index (χ2n) is 5.78. The fourth-order valence-corrected chi connectivity index (χ4v) is 5.67. The smallest absolute Gasteiger partial charge is 0.243 e. The molecule has 124 valence electrons. The number of ether oxygens (including phenoxy) is 1. The van der Waals surface area contributed by atoms with Gasteiger partial charge in [-0.1, -0.05) is 0 Å². The number of halogens is 2. The second-order valence-corrected chi connectivity index (χ2v) is 8.58. The molecule has 0 spiro atoms. The molecule has 1 heterocycles. The zero-order valence-electron chi connectivity index (χ0n) is 12.2. The Morgan fingerprint density at radius 2 is 2.05 bits per heavy atom. The SMILES string of the molecule is COc1ccc(S(=O)(=O)N2CC3CCC(N)C3C2)cc1Br.Cl. The van der Waals surface area contributed by atoms with Crippen molar-refractivity contribution in [1.29, 1.82) is 0 Å². The lowest BCUT2D eigenvalue weighted by atomic mass is 9.98. The summed E-state index contributed by atoms with van der Waals surface area (Å²) in [5.41, 5.74) is 6.08. The number of nitrogens with zero attached hydrogens (tertiary/aromatic N) is 1. The predicted octanol–water partition coefficient (Wildman–Crippen LogP) is 2.24. The summed E-state index contributed by atoms with van der Waals surface area (Å²) in [6, 6.07) is 4.99. The number of rotatable bonds is 3. The molecule has 3 atom stereocenters. The summed E-state index contributed by atoms with van der Waals surface area (Å²) in [6.07, 6.45) is 2.04. The van der Waals surface area contributed by atoms with E-state index in [9.17, 15) is 8.42 Å². The molecule has 2 aliphatic rings. The summed E-state index contributed by atoms with van der Waals surface area (Å²) in [5.74, 6) is 1.34. The number of methoxy groups -OCH3 is 1. The van der Waals surface area contributed by atoms with E-state index >= 15 is 0 Å². The Balaban J connectivity index is 0.00000176. The maximum absolute atomic E-state index is 12.7. The molecule has 1 saturated carbocycles. The fraction of sp³-hybridized carbons (Fsp3) is 0.571. The molecule has 1 aromatic rings. The topological polar surface area (TPSA) is 72.6 Å². The van der Waals surface area contributed by atoms with Crippen molar-refractivity contribution in [3.05, 3.63) is 22.7 Å². The van der Waals surface area contributed by atoms with Gasteiger partial charge in [0.05, 0.1) is 16.5 Å². The van der Waals surface area contributed by atoms with E-state index < -0.39 is 10.0 Å². The molecule has 0 radical (unpaired) electrons. The molecule has 1 aliphatic heterocycles. The van der Waals surface area contributed by atoms with Crippen LogP contribution in [0.1, 0.15) is 12.8 Å². The normalized spacial score (nSPS) is 28.2. The summed E-state index contributed by atoms with van der Waals surface area (Å²) in [7, 11) is -1.91. The third-order valence-corrected chi connectivity index (χ3v) is 7.09. The van der Waals surface area contributed by atoms with Crippen LogP contribution in [0.3, 0.4) is 0 Å². The monoisotopic (exact) mass is 410 g/mol. The highest BCUT2D eigenvalue weighted by molar-refractivity contribution is 9.10. The first-order valence-corrected chi connectivity index (χ1v) is 9.26. The highest BCUT2D eigenvalue weighted by Crippen LogP contribution is 2.39. The minimum atomic E-state index is -3.46. The molecule has 1 saturated heterocycles. The number of nitrogens with two attached hydrogens (primary N) is 1. The van der Waals surface area contributed by atoms with Crippen molar-refractivity contribution in [1.82, 2.24) is 4.31 Å². The van der Waals surface area contributed by atoms with Crippen LogP contribution in [0.2, 0.25) is 0 Å². The summed E-state index contributed by atoms with van der Waals surface area (Å²) in [6.45, 7) is 1.13. The number of hydrogen-bond acceptors (Lipinski definition) is 4. The average molecular weight is 412 g/mol. The van der Waals surface area contributed by atoms with Gasteiger partial charge in [0.25, 0.3) is 0 Å². The van der Waals surface area contributed by atoms with Crippen molar-refractivity contribution in [2.75, 3.05) is 20.2 Å². The lowest BCUT2D eigenvalue weighted by Crippen LogP contribution is -2.33. The van der Waals surface area contributed by atoms with Gasteiger partial charge in [0.2, 0.25) is 10.0 Å². The number of hydrogen-bond donors (Lipinski definition) is 1. The van der Waals surface area contributed by atoms with E-state index in [0.29, 0.717) is 40.0 Å². The molecule has 0 aromatic heterocycles. The van der Waals surface area contributed by atoms with Crippen molar-refractivity contribution in [3.8, 4) is 5.75 Å². The summed E-state index contributed by atoms with van der Waals surface area (Å²) < 4.78 is 32.9. The average Bonchev–Trinajstić information content (AvgIpc) is 3.02. The maximum Gasteiger partial charge on any atom is 0.243 e. The van der Waals surface area contributed by atoms with E-state index in [1.807, 2.05) is 0 Å². The Labute approximate surface area is 145 Å². The molecule has 22 heavy (non-hydrogen) atoms. The molecule has 5 nitrogen and oxygen atoms in total. The molecule has 0 amide bonds. The van der Waals surface area contributed by atoms with Crippen LogP contribution in [-0.4, -0.2) is 39.0 Å². The molecule has 2 N–H and O–H groups in total. The van der Waals surface area contributed by atoms with E-state index in [2.05, 4.69) is 15.9 Å². The van der Waals surface area contributed by atoms with Crippen LogP contribution >= 0.6 is 28.3 Å². The van der Waals surface area contributed by atoms with Gasteiger partial charge in [0.15, 0.2) is 0 Å². The second kappa shape index (κ2) is 6.65. The zero-order valence-corrected chi connectivity index (χ0v) is 15.5. The van der Waals surface area contributed by atoms with Gasteiger partial charge in [0.1, 0.15) is 5.75 Å². The lowest BCUT2D eigenvalue weighted by molar-refractivity contribution is 0.411. The molecule has 1 aromatic carbocycles. The van der Waals surface area contributed by atoms with Crippen LogP contribution in [0.25, 0.3) is 0 Å². The van der Waals surface area contributed by atoms with Gasteiger partial charge in [-0.15, -0.1) is 12.4 Å². The zero-order chi connectivity index (χ0) is 15.2. The highest BCUT2D eigenvalue weighted by atomic mass is 79.9. The molecule has 3 rings (SSSR count). The highest BCUT2D eigenvalue weighted by Gasteiger charge is 2.45. The van der Waals surface area contributed by atoms with Crippen LogP contribution in [0.5, 0.6) is 5.75 Å². The predicted molar refractivity (Wildman–Crippen MR) is 90.9 cm³/mol. The third kappa shape index (κ3) is 3.01. The van der Waals surface area contributed by atoms with Crippen molar-refractivity contribution >= 4 is 38.4 Å². The number of benzene rings is 1. The fourth-order valence-electron chi connectivity index (χ4n) is 3.42. The van der Waals surface area contributed by atoms with Crippen molar-refractivity contribution < 1.29 is 13.2 Å². The van der Waals surface area contributed by atoms with Crippen LogP contribution in [0, 0.1) is 11.8 Å². The third-order valence-electron chi connectivity index (χ3n) is 4.64. The molecule has 2 fully saturated rings. The summed E-state index contributed by atoms with van der Waals surface area (Å²) in [5, 5.41) is 0. The summed E-state index contributed by atoms with van der Waals surface area (Å²) >= 11 is 3.34. The van der Waals surface area contributed by atoms with E-state index in [0.717, 1.165) is 12.8 Å². The Morgan fingerprint density at radius 3 is 2.64 bits per heavy atom. The van der Waals surface area contributed by atoms with E-state index in [4.69, 9.17) is 10.5 Å². The van der Waals surface area contributed by atoms with Gasteiger partial charge in [-0.2, -0.15) is 4.31 Å². The van der Waals surface area contributed by atoms with Gasteiger partial charge >= 0.3 is 0 Å². The number of sulfonamides is 1. The van der Waals surface area contributed by atoms with E-state index in [-0.39, 0.29) is 18.4 Å². The Bertz CT molecular complexity index is 655. The Kier molecular flexibility index (Phi) is 5.44. The minimum absolute atomic E-state index is 0. The van der Waals surface area contributed by atoms with Gasteiger partial charge in [-0.25, -0.2) is 8.42 Å². The Hall–Kier alpha value is -0.340. The van der Waals surface area contributed by atoms with Crippen molar-refractivity contribution in [3.63, 3.8) is 0 Å². The van der Waals surface area contributed by atoms with Crippen molar-refractivity contribution in [2.45, 2.75) is 23.8 Å². The first-order valence-electron chi connectivity index (χ1n) is 7.02. The van der Waals surface area contributed by atoms with E-state index in [1.165, 1.54) is 0 Å². The van der Waals surface area contributed by atoms with Gasteiger partial charge in [-0.05, 0) is 58.8 Å².